The van der Waals surface area contributed by atoms with Crippen LogP contribution in [-0.4, -0.2) is 40.1 Å². The van der Waals surface area contributed by atoms with Crippen LogP contribution in [0.15, 0.2) is 29.4 Å². The standard InChI is InChI=1S/C19H26N4O2S/c1-3-20-17(24)13-26-19-22-21-18(14-9-11-16(25-2)12-10-14)23(19)15-7-5-4-6-8-15/h9-12,15H,3-8,13H2,1-2H3,(H,20,24). The molecule has 1 saturated carbocycles. The van der Waals surface area contributed by atoms with Gasteiger partial charge in [0.1, 0.15) is 5.75 Å². The highest BCUT2D eigenvalue weighted by Gasteiger charge is 2.24. The molecule has 0 unspecified atom stereocenters. The van der Waals surface area contributed by atoms with E-state index in [0.717, 1.165) is 35.1 Å². The van der Waals surface area contributed by atoms with Crippen LogP contribution in [0, 0.1) is 0 Å². The van der Waals surface area contributed by atoms with Crippen LogP contribution < -0.4 is 10.1 Å². The molecule has 3 rings (SSSR count). The molecule has 0 radical (unpaired) electrons. The molecule has 1 aliphatic rings. The fourth-order valence-electron chi connectivity index (χ4n) is 3.36. The van der Waals surface area contributed by atoms with Crippen molar-refractivity contribution in [1.29, 1.82) is 0 Å². The number of amides is 1. The van der Waals surface area contributed by atoms with Crippen LogP contribution in [0.2, 0.25) is 0 Å². The van der Waals surface area contributed by atoms with E-state index in [2.05, 4.69) is 20.1 Å². The summed E-state index contributed by atoms with van der Waals surface area (Å²) >= 11 is 1.46. The van der Waals surface area contributed by atoms with Gasteiger partial charge in [0.15, 0.2) is 11.0 Å². The maximum Gasteiger partial charge on any atom is 0.230 e. The molecular formula is C19H26N4O2S. The highest BCUT2D eigenvalue weighted by atomic mass is 32.2. The van der Waals surface area contributed by atoms with Crippen molar-refractivity contribution in [3.05, 3.63) is 24.3 Å². The van der Waals surface area contributed by atoms with Crippen LogP contribution in [0.4, 0.5) is 0 Å². The highest BCUT2D eigenvalue weighted by Crippen LogP contribution is 2.35. The second-order valence-corrected chi connectivity index (χ2v) is 7.38. The van der Waals surface area contributed by atoms with Crippen molar-refractivity contribution in [3.63, 3.8) is 0 Å². The van der Waals surface area contributed by atoms with E-state index in [1.165, 1.54) is 31.0 Å². The van der Waals surface area contributed by atoms with Gasteiger partial charge < -0.3 is 10.1 Å². The monoisotopic (exact) mass is 374 g/mol. The van der Waals surface area contributed by atoms with Crippen LogP contribution in [0.1, 0.15) is 45.1 Å². The third-order valence-electron chi connectivity index (χ3n) is 4.66. The summed E-state index contributed by atoms with van der Waals surface area (Å²) in [4.78, 5) is 11.8. The minimum absolute atomic E-state index is 0.0293. The third kappa shape index (κ3) is 4.38. The van der Waals surface area contributed by atoms with Crippen molar-refractivity contribution in [1.82, 2.24) is 20.1 Å². The summed E-state index contributed by atoms with van der Waals surface area (Å²) in [6, 6.07) is 8.31. The zero-order chi connectivity index (χ0) is 18.4. The quantitative estimate of drug-likeness (QED) is 0.749. The van der Waals surface area contributed by atoms with Gasteiger partial charge in [-0.1, -0.05) is 31.0 Å². The number of ether oxygens (including phenoxy) is 1. The number of rotatable bonds is 7. The van der Waals surface area contributed by atoms with Crippen LogP contribution in [0.5, 0.6) is 5.75 Å². The number of aromatic nitrogens is 3. The largest absolute Gasteiger partial charge is 0.497 e. The van der Waals surface area contributed by atoms with Gasteiger partial charge in [-0.2, -0.15) is 0 Å². The van der Waals surface area contributed by atoms with Gasteiger partial charge in [0.2, 0.25) is 5.91 Å². The molecule has 6 nitrogen and oxygen atoms in total. The highest BCUT2D eigenvalue weighted by molar-refractivity contribution is 7.99. The lowest BCUT2D eigenvalue weighted by molar-refractivity contribution is -0.118. The molecule has 0 bridgehead atoms. The summed E-state index contributed by atoms with van der Waals surface area (Å²) in [5.41, 5.74) is 1.02. The number of carbonyl (C=O) groups is 1. The summed E-state index contributed by atoms with van der Waals surface area (Å²) < 4.78 is 7.49. The SMILES string of the molecule is CCNC(=O)CSc1nnc(-c2ccc(OC)cc2)n1C1CCCCC1. The minimum atomic E-state index is 0.0293. The van der Waals surface area contributed by atoms with Gasteiger partial charge in [0.25, 0.3) is 0 Å². The Morgan fingerprint density at radius 2 is 1.96 bits per heavy atom. The maximum absolute atomic E-state index is 11.8. The van der Waals surface area contributed by atoms with E-state index in [0.29, 0.717) is 18.3 Å². The molecule has 2 aromatic rings. The molecule has 0 atom stereocenters. The molecule has 1 aromatic carbocycles. The predicted molar refractivity (Wildman–Crippen MR) is 104 cm³/mol. The summed E-state index contributed by atoms with van der Waals surface area (Å²) in [5, 5.41) is 12.5. The van der Waals surface area contributed by atoms with Crippen LogP contribution in [0.3, 0.4) is 0 Å². The number of nitrogens with zero attached hydrogens (tertiary/aromatic N) is 3. The Kier molecular flexibility index (Phi) is 6.55. The predicted octanol–water partition coefficient (Wildman–Crippen LogP) is 3.69. The van der Waals surface area contributed by atoms with Gasteiger partial charge in [-0.15, -0.1) is 10.2 Å². The van der Waals surface area contributed by atoms with Gasteiger partial charge in [-0.05, 0) is 44.0 Å². The summed E-state index contributed by atoms with van der Waals surface area (Å²) in [6.07, 6.45) is 6.01. The fraction of sp³-hybridized carbons (Fsp3) is 0.526. The van der Waals surface area contributed by atoms with Gasteiger partial charge in [-0.3, -0.25) is 9.36 Å². The molecule has 1 aliphatic carbocycles. The van der Waals surface area contributed by atoms with Gasteiger partial charge in [0.05, 0.1) is 12.9 Å². The number of thioether (sulfide) groups is 1. The Labute approximate surface area is 158 Å². The lowest BCUT2D eigenvalue weighted by Gasteiger charge is -2.25. The topological polar surface area (TPSA) is 69.0 Å². The second kappa shape index (κ2) is 9.07. The molecule has 0 aliphatic heterocycles. The molecule has 1 N–H and O–H groups in total. The Hall–Kier alpha value is -2.02. The van der Waals surface area contributed by atoms with Gasteiger partial charge in [0, 0.05) is 18.2 Å². The number of benzene rings is 1. The van der Waals surface area contributed by atoms with Crippen molar-refractivity contribution in [2.45, 2.75) is 50.2 Å². The summed E-state index contributed by atoms with van der Waals surface area (Å²) in [6.45, 7) is 2.57. The first-order chi connectivity index (χ1) is 12.7. The molecule has 1 amide bonds. The van der Waals surface area contributed by atoms with E-state index in [1.54, 1.807) is 7.11 Å². The first-order valence-corrected chi connectivity index (χ1v) is 10.2. The van der Waals surface area contributed by atoms with Crippen LogP contribution >= 0.6 is 11.8 Å². The molecule has 140 valence electrons. The molecule has 1 aromatic heterocycles. The third-order valence-corrected chi connectivity index (χ3v) is 5.60. The van der Waals surface area contributed by atoms with Gasteiger partial charge in [-0.25, -0.2) is 0 Å². The van der Waals surface area contributed by atoms with Crippen molar-refractivity contribution >= 4 is 17.7 Å². The van der Waals surface area contributed by atoms with Crippen LogP contribution in [-0.2, 0) is 4.79 Å². The Bertz CT molecular complexity index is 724. The van der Waals surface area contributed by atoms with E-state index in [1.807, 2.05) is 31.2 Å². The fourth-order valence-corrected chi connectivity index (χ4v) is 4.19. The average molecular weight is 375 g/mol. The normalized spacial score (nSPS) is 15.0. The van der Waals surface area contributed by atoms with E-state index in [9.17, 15) is 4.79 Å². The lowest BCUT2D eigenvalue weighted by Crippen LogP contribution is -2.24. The Balaban J connectivity index is 1.88. The Morgan fingerprint density at radius 3 is 2.62 bits per heavy atom. The van der Waals surface area contributed by atoms with Crippen molar-refractivity contribution in [2.24, 2.45) is 0 Å². The molecular weight excluding hydrogens is 348 g/mol. The summed E-state index contributed by atoms with van der Waals surface area (Å²) in [7, 11) is 1.66. The molecule has 26 heavy (non-hydrogen) atoms. The second-order valence-electron chi connectivity index (χ2n) is 6.44. The number of carbonyl (C=O) groups excluding carboxylic acids is 1. The van der Waals surface area contributed by atoms with E-state index >= 15 is 0 Å². The number of hydrogen-bond donors (Lipinski definition) is 1. The molecule has 1 heterocycles. The van der Waals surface area contributed by atoms with E-state index in [-0.39, 0.29) is 5.91 Å². The number of methoxy groups -OCH3 is 1. The molecule has 1 fully saturated rings. The van der Waals surface area contributed by atoms with Crippen LogP contribution in [0.25, 0.3) is 11.4 Å². The smallest absolute Gasteiger partial charge is 0.230 e. The molecule has 0 spiro atoms. The Morgan fingerprint density at radius 1 is 1.23 bits per heavy atom. The zero-order valence-corrected chi connectivity index (χ0v) is 16.2. The van der Waals surface area contributed by atoms with Gasteiger partial charge >= 0.3 is 0 Å². The average Bonchev–Trinajstić information content (AvgIpc) is 3.11. The van der Waals surface area contributed by atoms with Crippen molar-refractivity contribution in [2.75, 3.05) is 19.4 Å². The lowest BCUT2D eigenvalue weighted by atomic mass is 9.95. The number of nitrogens with one attached hydrogen (secondary N) is 1. The zero-order valence-electron chi connectivity index (χ0n) is 15.4. The van der Waals surface area contributed by atoms with Crippen molar-refractivity contribution in [3.8, 4) is 17.1 Å². The maximum atomic E-state index is 11.8. The first kappa shape index (κ1) is 18.8. The number of hydrogen-bond acceptors (Lipinski definition) is 5. The van der Waals surface area contributed by atoms with E-state index in [4.69, 9.17) is 4.74 Å². The van der Waals surface area contributed by atoms with E-state index < -0.39 is 0 Å². The molecule has 0 saturated heterocycles. The molecule has 7 heteroatoms. The van der Waals surface area contributed by atoms with Crippen molar-refractivity contribution < 1.29 is 9.53 Å². The summed E-state index contributed by atoms with van der Waals surface area (Å²) in [5.74, 6) is 2.09. The first-order valence-electron chi connectivity index (χ1n) is 9.21. The minimum Gasteiger partial charge on any atom is -0.497 e.